The first kappa shape index (κ1) is 15.2. The molecule has 1 saturated heterocycles. The molecule has 2 aliphatic rings. The smallest absolute Gasteiger partial charge is 0.258 e. The molecule has 0 aliphatic carbocycles. The molecule has 1 amide bonds. The van der Waals surface area contributed by atoms with Crippen molar-refractivity contribution >= 4 is 5.91 Å². The van der Waals surface area contributed by atoms with Gasteiger partial charge in [0.1, 0.15) is 11.9 Å². The van der Waals surface area contributed by atoms with Crippen molar-refractivity contribution < 1.29 is 9.53 Å². The number of nitrogens with zero attached hydrogens (tertiary/aromatic N) is 2. The molecule has 4 rings (SSSR count). The fourth-order valence-electron chi connectivity index (χ4n) is 4.12. The molecule has 1 fully saturated rings. The van der Waals surface area contributed by atoms with E-state index in [2.05, 4.69) is 16.3 Å². The molecule has 5 nitrogen and oxygen atoms in total. The van der Waals surface area contributed by atoms with Gasteiger partial charge < -0.3 is 9.64 Å². The van der Waals surface area contributed by atoms with E-state index < -0.39 is 0 Å². The molecule has 0 bridgehead atoms. The van der Waals surface area contributed by atoms with Gasteiger partial charge in [-0.1, -0.05) is 12.1 Å². The summed E-state index contributed by atoms with van der Waals surface area (Å²) in [5.41, 5.74) is 5.05. The number of H-pyrrole nitrogens is 1. The van der Waals surface area contributed by atoms with Gasteiger partial charge in [0, 0.05) is 24.2 Å². The lowest BCUT2D eigenvalue weighted by molar-refractivity contribution is 0.0730. The quantitative estimate of drug-likeness (QED) is 0.921. The van der Waals surface area contributed by atoms with E-state index in [1.165, 1.54) is 5.56 Å². The summed E-state index contributed by atoms with van der Waals surface area (Å²) in [6.07, 6.45) is 3.02. The summed E-state index contributed by atoms with van der Waals surface area (Å²) >= 11 is 0. The number of amides is 1. The number of hydrogen-bond acceptors (Lipinski definition) is 3. The number of benzene rings is 1. The van der Waals surface area contributed by atoms with E-state index >= 15 is 0 Å². The average molecular weight is 325 g/mol. The molecule has 24 heavy (non-hydrogen) atoms. The maximum absolute atomic E-state index is 13.3. The Kier molecular flexibility index (Phi) is 3.59. The molecule has 2 aliphatic heterocycles. The minimum atomic E-state index is 0.0726. The fourth-order valence-corrected chi connectivity index (χ4v) is 4.12. The van der Waals surface area contributed by atoms with Gasteiger partial charge >= 0.3 is 0 Å². The molecule has 3 heterocycles. The average Bonchev–Trinajstić information content (AvgIpc) is 3.24. The number of ether oxygens (including phenoxy) is 1. The highest BCUT2D eigenvalue weighted by Gasteiger charge is 2.35. The van der Waals surface area contributed by atoms with E-state index in [4.69, 9.17) is 4.74 Å². The van der Waals surface area contributed by atoms with Crippen LogP contribution >= 0.6 is 0 Å². The van der Waals surface area contributed by atoms with Crippen LogP contribution < -0.4 is 4.74 Å². The van der Waals surface area contributed by atoms with Gasteiger partial charge in [-0.25, -0.2) is 0 Å². The largest absolute Gasteiger partial charge is 0.489 e. The van der Waals surface area contributed by atoms with Crippen LogP contribution in [0.1, 0.15) is 58.7 Å². The lowest BCUT2D eigenvalue weighted by Crippen LogP contribution is -2.31. The summed E-state index contributed by atoms with van der Waals surface area (Å²) in [6.45, 7) is 6.87. The Morgan fingerprint density at radius 2 is 2.21 bits per heavy atom. The SMILES string of the molecule is Cc1n[nH]c(C)c1C1CCCN1C(=O)c1cccc2c1OC(C)C2. The third kappa shape index (κ3) is 2.30. The normalized spacial score (nSPS) is 22.5. The highest BCUT2D eigenvalue weighted by Crippen LogP contribution is 2.39. The second-order valence-electron chi connectivity index (χ2n) is 6.93. The number of hydrogen-bond donors (Lipinski definition) is 1. The van der Waals surface area contributed by atoms with Crippen LogP contribution in [0.2, 0.25) is 0 Å². The number of aromatic nitrogens is 2. The molecule has 1 aromatic carbocycles. The zero-order chi connectivity index (χ0) is 16.8. The predicted octanol–water partition coefficient (Wildman–Crippen LogP) is 3.33. The van der Waals surface area contributed by atoms with Gasteiger partial charge in [0.05, 0.1) is 17.3 Å². The number of rotatable bonds is 2. The number of carbonyl (C=O) groups excluding carboxylic acids is 1. The Hall–Kier alpha value is -2.30. The van der Waals surface area contributed by atoms with Gasteiger partial charge in [-0.2, -0.15) is 5.10 Å². The molecule has 1 aromatic heterocycles. The molecule has 126 valence electrons. The second kappa shape index (κ2) is 5.65. The zero-order valence-electron chi connectivity index (χ0n) is 14.4. The number of fused-ring (bicyclic) bond motifs is 1. The Bertz CT molecular complexity index is 776. The second-order valence-corrected chi connectivity index (χ2v) is 6.93. The third-order valence-electron chi connectivity index (χ3n) is 5.19. The summed E-state index contributed by atoms with van der Waals surface area (Å²) in [7, 11) is 0. The molecule has 5 heteroatoms. The third-order valence-corrected chi connectivity index (χ3v) is 5.19. The number of para-hydroxylation sites is 1. The van der Waals surface area contributed by atoms with Crippen molar-refractivity contribution in [2.75, 3.05) is 6.54 Å². The number of nitrogens with one attached hydrogen (secondary N) is 1. The molecule has 0 radical (unpaired) electrons. The van der Waals surface area contributed by atoms with Crippen molar-refractivity contribution in [1.29, 1.82) is 0 Å². The van der Waals surface area contributed by atoms with Gasteiger partial charge in [-0.3, -0.25) is 9.89 Å². The predicted molar refractivity (Wildman–Crippen MR) is 91.3 cm³/mol. The van der Waals surface area contributed by atoms with Crippen molar-refractivity contribution in [1.82, 2.24) is 15.1 Å². The van der Waals surface area contributed by atoms with Crippen LogP contribution in [0.3, 0.4) is 0 Å². The zero-order valence-corrected chi connectivity index (χ0v) is 14.4. The van der Waals surface area contributed by atoms with Crippen molar-refractivity contribution in [3.05, 3.63) is 46.3 Å². The first-order valence-corrected chi connectivity index (χ1v) is 8.67. The monoisotopic (exact) mass is 325 g/mol. The molecule has 2 atom stereocenters. The van der Waals surface area contributed by atoms with E-state index in [1.54, 1.807) is 0 Å². The molecule has 2 aromatic rings. The molecular weight excluding hydrogens is 302 g/mol. The fraction of sp³-hybridized carbons (Fsp3) is 0.474. The number of carbonyl (C=O) groups is 1. The minimum Gasteiger partial charge on any atom is -0.489 e. The molecule has 1 N–H and O–H groups in total. The lowest BCUT2D eigenvalue weighted by Gasteiger charge is -2.26. The molecule has 2 unspecified atom stereocenters. The minimum absolute atomic E-state index is 0.0726. The number of aryl methyl sites for hydroxylation is 2. The number of likely N-dealkylation sites (tertiary alicyclic amines) is 1. The maximum Gasteiger partial charge on any atom is 0.258 e. The van der Waals surface area contributed by atoms with Gasteiger partial charge in [-0.05, 0) is 45.2 Å². The lowest BCUT2D eigenvalue weighted by atomic mass is 10.0. The standard InChI is InChI=1S/C19H23N3O2/c1-11-10-14-6-4-7-15(18(14)24-11)19(23)22-9-5-8-16(22)17-12(2)20-21-13(17)3/h4,6-7,11,16H,5,8-10H2,1-3H3,(H,20,21). The summed E-state index contributed by atoms with van der Waals surface area (Å²) < 4.78 is 5.93. The van der Waals surface area contributed by atoms with Crippen LogP contribution in [-0.2, 0) is 6.42 Å². The highest BCUT2D eigenvalue weighted by molar-refractivity contribution is 5.98. The summed E-state index contributed by atoms with van der Waals surface area (Å²) in [4.78, 5) is 15.2. The van der Waals surface area contributed by atoms with Gasteiger partial charge in [0.25, 0.3) is 5.91 Å². The Balaban J connectivity index is 1.69. The van der Waals surface area contributed by atoms with Crippen LogP contribution in [0.15, 0.2) is 18.2 Å². The molecule has 0 spiro atoms. The Morgan fingerprint density at radius 1 is 1.38 bits per heavy atom. The summed E-state index contributed by atoms with van der Waals surface area (Å²) in [5.74, 6) is 0.852. The van der Waals surface area contributed by atoms with Crippen LogP contribution in [0.4, 0.5) is 0 Å². The van der Waals surface area contributed by atoms with E-state index in [0.717, 1.165) is 48.5 Å². The van der Waals surface area contributed by atoms with Gasteiger partial charge in [0.15, 0.2) is 0 Å². The first-order chi connectivity index (χ1) is 11.6. The summed E-state index contributed by atoms with van der Waals surface area (Å²) in [6, 6.07) is 6.02. The van der Waals surface area contributed by atoms with Crippen molar-refractivity contribution in [2.45, 2.75) is 52.2 Å². The Labute approximate surface area is 142 Å². The van der Waals surface area contributed by atoms with E-state index in [0.29, 0.717) is 5.56 Å². The van der Waals surface area contributed by atoms with Crippen LogP contribution in [0.5, 0.6) is 5.75 Å². The van der Waals surface area contributed by atoms with Crippen LogP contribution in [0.25, 0.3) is 0 Å². The topological polar surface area (TPSA) is 58.2 Å². The number of aromatic amines is 1. The van der Waals surface area contributed by atoms with Crippen molar-refractivity contribution in [3.63, 3.8) is 0 Å². The highest BCUT2D eigenvalue weighted by atomic mass is 16.5. The van der Waals surface area contributed by atoms with Crippen LogP contribution in [-0.4, -0.2) is 33.7 Å². The van der Waals surface area contributed by atoms with Crippen molar-refractivity contribution in [3.8, 4) is 5.75 Å². The van der Waals surface area contributed by atoms with Gasteiger partial charge in [0.2, 0.25) is 0 Å². The van der Waals surface area contributed by atoms with E-state index in [9.17, 15) is 4.79 Å². The van der Waals surface area contributed by atoms with E-state index in [-0.39, 0.29) is 18.1 Å². The molecule has 0 saturated carbocycles. The van der Waals surface area contributed by atoms with E-state index in [1.807, 2.05) is 37.8 Å². The molecular formula is C19H23N3O2. The van der Waals surface area contributed by atoms with Crippen LogP contribution in [0, 0.1) is 13.8 Å². The summed E-state index contributed by atoms with van der Waals surface area (Å²) in [5, 5.41) is 7.36. The van der Waals surface area contributed by atoms with Gasteiger partial charge in [-0.15, -0.1) is 0 Å². The first-order valence-electron chi connectivity index (χ1n) is 8.67. The van der Waals surface area contributed by atoms with Crippen molar-refractivity contribution in [2.24, 2.45) is 0 Å². The Morgan fingerprint density at radius 3 is 2.96 bits per heavy atom. The maximum atomic E-state index is 13.3.